The average Bonchev–Trinajstić information content (AvgIpc) is 3.10. The Kier molecular flexibility index (Phi) is 10.9. The van der Waals surface area contributed by atoms with E-state index in [1.165, 1.54) is 12.1 Å². The number of ether oxygens (including phenoxy) is 1. The van der Waals surface area contributed by atoms with Gasteiger partial charge in [-0.3, -0.25) is 4.99 Å². The minimum absolute atomic E-state index is 0. The number of aliphatic imine (C=N–C) groups is 1. The van der Waals surface area contributed by atoms with Crippen LogP contribution < -0.4 is 15.5 Å². The van der Waals surface area contributed by atoms with Crippen molar-refractivity contribution in [3.8, 4) is 0 Å². The molecule has 0 saturated carbocycles. The second-order valence-electron chi connectivity index (χ2n) is 6.88. The van der Waals surface area contributed by atoms with Gasteiger partial charge < -0.3 is 25.4 Å². The Labute approximate surface area is 178 Å². The number of hydrogen-bond acceptors (Lipinski definition) is 4. The van der Waals surface area contributed by atoms with E-state index in [1.54, 1.807) is 13.1 Å². The molecule has 1 aromatic carbocycles. The Hall–Kier alpha value is -1.13. The SMILES string of the molecule is CN=C(NCCCN(C)c1cccc(F)c1)NCC1(CCO)CCOC1.I. The lowest BCUT2D eigenvalue weighted by Gasteiger charge is -2.27. The standard InChI is InChI=1S/C19H31FN4O2.HI/c1-21-18(23-14-19(7-11-25)8-12-26-15-19)22-9-4-10-24(2)17-6-3-5-16(20)13-17;/h3,5-6,13,25H,4,7-12,14-15H2,1-2H3,(H2,21,22,23);1H. The fourth-order valence-electron chi connectivity index (χ4n) is 3.17. The smallest absolute Gasteiger partial charge is 0.190 e. The number of halogens is 2. The van der Waals surface area contributed by atoms with Crippen molar-refractivity contribution in [2.45, 2.75) is 19.3 Å². The van der Waals surface area contributed by atoms with E-state index < -0.39 is 0 Å². The van der Waals surface area contributed by atoms with E-state index in [0.29, 0.717) is 6.61 Å². The van der Waals surface area contributed by atoms with Gasteiger partial charge >= 0.3 is 0 Å². The first kappa shape index (κ1) is 23.9. The molecule has 0 aromatic heterocycles. The van der Waals surface area contributed by atoms with Gasteiger partial charge in [-0.25, -0.2) is 4.39 Å². The summed E-state index contributed by atoms with van der Waals surface area (Å²) in [5, 5.41) is 15.9. The molecule has 1 heterocycles. The number of guanidine groups is 1. The molecule has 0 amide bonds. The predicted octanol–water partition coefficient (Wildman–Crippen LogP) is 2.22. The Bertz CT molecular complexity index is 583. The van der Waals surface area contributed by atoms with Crippen LogP contribution in [0.25, 0.3) is 0 Å². The lowest BCUT2D eigenvalue weighted by Crippen LogP contribution is -2.45. The molecule has 1 aromatic rings. The third-order valence-corrected chi connectivity index (χ3v) is 4.89. The molecule has 0 radical (unpaired) electrons. The molecule has 2 rings (SSSR count). The first-order valence-corrected chi connectivity index (χ1v) is 9.18. The summed E-state index contributed by atoms with van der Waals surface area (Å²) < 4.78 is 18.8. The summed E-state index contributed by atoms with van der Waals surface area (Å²) in [5.41, 5.74) is 0.865. The van der Waals surface area contributed by atoms with Gasteiger partial charge in [0.1, 0.15) is 5.82 Å². The number of rotatable bonds is 9. The van der Waals surface area contributed by atoms with Gasteiger partial charge in [0, 0.05) is 58.0 Å². The Morgan fingerprint density at radius 1 is 1.41 bits per heavy atom. The van der Waals surface area contributed by atoms with Crippen LogP contribution in [0.4, 0.5) is 10.1 Å². The second kappa shape index (κ2) is 12.4. The number of aliphatic hydroxyl groups excluding tert-OH is 1. The molecule has 0 spiro atoms. The van der Waals surface area contributed by atoms with Crippen LogP contribution in [0.5, 0.6) is 0 Å². The van der Waals surface area contributed by atoms with E-state index in [9.17, 15) is 9.50 Å². The summed E-state index contributed by atoms with van der Waals surface area (Å²) in [5.74, 6) is 0.535. The van der Waals surface area contributed by atoms with Gasteiger partial charge in [-0.1, -0.05) is 6.07 Å². The van der Waals surface area contributed by atoms with Crippen LogP contribution in [0, 0.1) is 11.2 Å². The van der Waals surface area contributed by atoms with Gasteiger partial charge in [0.15, 0.2) is 5.96 Å². The van der Waals surface area contributed by atoms with E-state index in [1.807, 2.05) is 18.0 Å². The van der Waals surface area contributed by atoms with Crippen molar-refractivity contribution in [1.29, 1.82) is 0 Å². The lowest BCUT2D eigenvalue weighted by molar-refractivity contribution is 0.127. The molecule has 1 saturated heterocycles. The van der Waals surface area contributed by atoms with E-state index in [4.69, 9.17) is 4.74 Å². The summed E-state index contributed by atoms with van der Waals surface area (Å²) >= 11 is 0. The molecular weight excluding hydrogens is 462 g/mol. The molecule has 27 heavy (non-hydrogen) atoms. The summed E-state index contributed by atoms with van der Waals surface area (Å²) in [6.07, 6.45) is 2.59. The van der Waals surface area contributed by atoms with Crippen molar-refractivity contribution in [2.24, 2.45) is 10.4 Å². The van der Waals surface area contributed by atoms with Crippen molar-refractivity contribution in [3.63, 3.8) is 0 Å². The summed E-state index contributed by atoms with van der Waals surface area (Å²) in [7, 11) is 3.71. The summed E-state index contributed by atoms with van der Waals surface area (Å²) in [4.78, 5) is 6.29. The fourth-order valence-corrected chi connectivity index (χ4v) is 3.17. The third-order valence-electron chi connectivity index (χ3n) is 4.89. The van der Waals surface area contributed by atoms with Crippen molar-refractivity contribution in [3.05, 3.63) is 30.1 Å². The number of hydrogen-bond donors (Lipinski definition) is 3. The molecule has 154 valence electrons. The first-order valence-electron chi connectivity index (χ1n) is 9.18. The second-order valence-corrected chi connectivity index (χ2v) is 6.88. The highest BCUT2D eigenvalue weighted by Crippen LogP contribution is 2.31. The molecular formula is C19H32FIN4O2. The zero-order valence-electron chi connectivity index (χ0n) is 16.2. The number of benzene rings is 1. The number of nitrogens with one attached hydrogen (secondary N) is 2. The molecule has 1 unspecified atom stereocenters. The van der Waals surface area contributed by atoms with Gasteiger partial charge in [0.05, 0.1) is 6.61 Å². The number of aliphatic hydroxyl groups is 1. The van der Waals surface area contributed by atoms with Gasteiger partial charge in [-0.2, -0.15) is 0 Å². The monoisotopic (exact) mass is 494 g/mol. The molecule has 1 aliphatic heterocycles. The van der Waals surface area contributed by atoms with Crippen molar-refractivity contribution < 1.29 is 14.2 Å². The number of nitrogens with zero attached hydrogens (tertiary/aromatic N) is 2. The summed E-state index contributed by atoms with van der Waals surface area (Å²) in [6.45, 7) is 3.91. The first-order chi connectivity index (χ1) is 12.6. The highest BCUT2D eigenvalue weighted by atomic mass is 127. The lowest BCUT2D eigenvalue weighted by atomic mass is 9.84. The molecule has 1 fully saturated rings. The summed E-state index contributed by atoms with van der Waals surface area (Å²) in [6, 6.07) is 6.62. The zero-order chi connectivity index (χ0) is 18.8. The van der Waals surface area contributed by atoms with Gasteiger partial charge in [-0.15, -0.1) is 24.0 Å². The molecule has 3 N–H and O–H groups in total. The molecule has 6 nitrogen and oxygen atoms in total. The van der Waals surface area contributed by atoms with Crippen LogP contribution in [0.3, 0.4) is 0 Å². The Morgan fingerprint density at radius 3 is 2.85 bits per heavy atom. The van der Waals surface area contributed by atoms with E-state index in [2.05, 4.69) is 15.6 Å². The van der Waals surface area contributed by atoms with E-state index in [0.717, 1.165) is 57.2 Å². The normalized spacial score (nSPS) is 19.5. The van der Waals surface area contributed by atoms with Crippen LogP contribution >= 0.6 is 24.0 Å². The van der Waals surface area contributed by atoms with Crippen LogP contribution in [0.1, 0.15) is 19.3 Å². The van der Waals surface area contributed by atoms with Gasteiger partial charge in [-0.05, 0) is 37.5 Å². The highest BCUT2D eigenvalue weighted by molar-refractivity contribution is 14.0. The minimum atomic E-state index is -0.218. The van der Waals surface area contributed by atoms with Crippen molar-refractivity contribution in [1.82, 2.24) is 10.6 Å². The topological polar surface area (TPSA) is 69.1 Å². The third kappa shape index (κ3) is 7.79. The van der Waals surface area contributed by atoms with Crippen LogP contribution in [-0.2, 0) is 4.74 Å². The van der Waals surface area contributed by atoms with Crippen LogP contribution in [0.2, 0.25) is 0 Å². The predicted molar refractivity (Wildman–Crippen MR) is 119 cm³/mol. The largest absolute Gasteiger partial charge is 0.396 e. The Morgan fingerprint density at radius 2 is 2.22 bits per heavy atom. The molecule has 1 aliphatic rings. The maximum absolute atomic E-state index is 13.3. The average molecular weight is 494 g/mol. The van der Waals surface area contributed by atoms with E-state index in [-0.39, 0.29) is 41.8 Å². The van der Waals surface area contributed by atoms with E-state index >= 15 is 0 Å². The molecule has 0 bridgehead atoms. The van der Waals surface area contributed by atoms with Gasteiger partial charge in [0.25, 0.3) is 0 Å². The number of anilines is 1. The van der Waals surface area contributed by atoms with Gasteiger partial charge in [0.2, 0.25) is 0 Å². The maximum atomic E-state index is 13.3. The highest BCUT2D eigenvalue weighted by Gasteiger charge is 2.34. The fraction of sp³-hybridized carbons (Fsp3) is 0.632. The maximum Gasteiger partial charge on any atom is 0.190 e. The molecule has 0 aliphatic carbocycles. The van der Waals surface area contributed by atoms with Crippen molar-refractivity contribution in [2.75, 3.05) is 58.5 Å². The quantitative estimate of drug-likeness (QED) is 0.213. The minimum Gasteiger partial charge on any atom is -0.396 e. The Balaban J connectivity index is 0.00000364. The molecule has 1 atom stereocenters. The van der Waals surface area contributed by atoms with Crippen molar-refractivity contribution >= 4 is 35.6 Å². The van der Waals surface area contributed by atoms with Crippen LogP contribution in [-0.4, -0.2) is 64.6 Å². The van der Waals surface area contributed by atoms with Crippen LogP contribution in [0.15, 0.2) is 29.3 Å². The molecule has 8 heteroatoms. The zero-order valence-corrected chi connectivity index (χ0v) is 18.5.